The molecule has 3 heteroatoms. The summed E-state index contributed by atoms with van der Waals surface area (Å²) in [7, 11) is 0. The fourth-order valence-corrected chi connectivity index (χ4v) is 4.39. The van der Waals surface area contributed by atoms with Crippen molar-refractivity contribution in [2.45, 2.75) is 97.2 Å². The molecule has 1 saturated heterocycles. The van der Waals surface area contributed by atoms with Gasteiger partial charge in [0.25, 0.3) is 0 Å². The number of nitriles is 1. The van der Waals surface area contributed by atoms with Gasteiger partial charge in [0.05, 0.1) is 24.7 Å². The van der Waals surface area contributed by atoms with Crippen molar-refractivity contribution in [1.82, 2.24) is 0 Å². The Morgan fingerprint density at radius 1 is 0.958 bits per heavy atom. The lowest BCUT2D eigenvalue weighted by atomic mass is 9.69. The molecule has 0 unspecified atom stereocenters. The largest absolute Gasteiger partial charge is 0.352 e. The third-order valence-electron chi connectivity index (χ3n) is 6.05. The lowest BCUT2D eigenvalue weighted by Crippen LogP contribution is -2.40. The van der Waals surface area contributed by atoms with Crippen molar-refractivity contribution in [2.24, 2.45) is 17.3 Å². The van der Waals surface area contributed by atoms with Crippen molar-refractivity contribution >= 4 is 0 Å². The molecule has 1 heterocycles. The maximum Gasteiger partial charge on any atom is 0.160 e. The van der Waals surface area contributed by atoms with Crippen LogP contribution in [0.1, 0.15) is 90.9 Å². The highest BCUT2D eigenvalue weighted by molar-refractivity contribution is 5.01. The first kappa shape index (κ1) is 19.7. The Labute approximate surface area is 149 Å². The van der Waals surface area contributed by atoms with Gasteiger partial charge in [0.1, 0.15) is 0 Å². The van der Waals surface area contributed by atoms with Gasteiger partial charge in [-0.2, -0.15) is 5.26 Å². The van der Waals surface area contributed by atoms with Crippen LogP contribution in [0.3, 0.4) is 0 Å². The summed E-state index contributed by atoms with van der Waals surface area (Å²) in [6.07, 6.45) is 14.3. The molecule has 24 heavy (non-hydrogen) atoms. The minimum atomic E-state index is -0.0685. The molecular weight excluding hydrogens is 298 g/mol. The van der Waals surface area contributed by atoms with Crippen LogP contribution in [0.2, 0.25) is 0 Å². The van der Waals surface area contributed by atoms with Gasteiger partial charge >= 0.3 is 0 Å². The minimum Gasteiger partial charge on any atom is -0.352 e. The van der Waals surface area contributed by atoms with Crippen molar-refractivity contribution in [3.8, 4) is 6.07 Å². The molecule has 2 fully saturated rings. The van der Waals surface area contributed by atoms with Gasteiger partial charge in [-0.1, -0.05) is 52.4 Å². The fourth-order valence-electron chi connectivity index (χ4n) is 4.39. The summed E-state index contributed by atoms with van der Waals surface area (Å²) < 4.78 is 12.1. The van der Waals surface area contributed by atoms with E-state index in [9.17, 15) is 5.26 Å². The number of hydrogen-bond acceptors (Lipinski definition) is 3. The Morgan fingerprint density at radius 2 is 1.62 bits per heavy atom. The molecule has 138 valence electrons. The van der Waals surface area contributed by atoms with Crippen LogP contribution in [-0.4, -0.2) is 19.5 Å². The lowest BCUT2D eigenvalue weighted by Gasteiger charge is -2.40. The van der Waals surface area contributed by atoms with Crippen LogP contribution in [0.5, 0.6) is 0 Å². The van der Waals surface area contributed by atoms with Crippen molar-refractivity contribution in [3.05, 3.63) is 0 Å². The highest BCUT2D eigenvalue weighted by atomic mass is 16.7. The number of hydrogen-bond donors (Lipinski definition) is 0. The first-order valence-electron chi connectivity index (χ1n) is 10.4. The standard InChI is InChI=1S/C21H37NO2/c1-3-5-6-7-8-9-18-15-23-20(24-16-18)19-10-13-21(17-22,12-4-2)14-11-19/h18-20H,3-16H2,1-2H3. The van der Waals surface area contributed by atoms with E-state index in [0.29, 0.717) is 11.8 Å². The van der Waals surface area contributed by atoms with Gasteiger partial charge in [0, 0.05) is 11.8 Å². The maximum atomic E-state index is 9.53. The van der Waals surface area contributed by atoms with Crippen molar-refractivity contribution < 1.29 is 9.47 Å². The summed E-state index contributed by atoms with van der Waals surface area (Å²) in [5.41, 5.74) is -0.0685. The monoisotopic (exact) mass is 335 g/mol. The van der Waals surface area contributed by atoms with Gasteiger partial charge in [-0.25, -0.2) is 0 Å². The van der Waals surface area contributed by atoms with Crippen molar-refractivity contribution in [1.29, 1.82) is 5.26 Å². The van der Waals surface area contributed by atoms with Gasteiger partial charge < -0.3 is 9.47 Å². The topological polar surface area (TPSA) is 42.2 Å². The summed E-state index contributed by atoms with van der Waals surface area (Å²) in [5, 5.41) is 9.53. The Morgan fingerprint density at radius 3 is 2.21 bits per heavy atom. The number of nitrogens with zero attached hydrogens (tertiary/aromatic N) is 1. The summed E-state index contributed by atoms with van der Waals surface area (Å²) in [5.74, 6) is 1.08. The highest BCUT2D eigenvalue weighted by Gasteiger charge is 2.39. The van der Waals surface area contributed by atoms with Crippen LogP contribution in [0.25, 0.3) is 0 Å². The molecule has 0 amide bonds. The molecule has 1 saturated carbocycles. The van der Waals surface area contributed by atoms with Crippen LogP contribution >= 0.6 is 0 Å². The molecule has 3 nitrogen and oxygen atoms in total. The van der Waals surface area contributed by atoms with E-state index in [2.05, 4.69) is 19.9 Å². The van der Waals surface area contributed by atoms with Gasteiger partial charge in [-0.3, -0.25) is 0 Å². The molecule has 0 spiro atoms. The fraction of sp³-hybridized carbons (Fsp3) is 0.952. The SMILES string of the molecule is CCCCCCCC1COC(C2CCC(C#N)(CCC)CC2)OC1. The molecule has 0 aromatic heterocycles. The molecule has 0 atom stereocenters. The van der Waals surface area contributed by atoms with E-state index < -0.39 is 0 Å². The third kappa shape index (κ3) is 5.74. The summed E-state index contributed by atoms with van der Waals surface area (Å²) in [6, 6.07) is 2.60. The second-order valence-electron chi connectivity index (χ2n) is 8.08. The highest BCUT2D eigenvalue weighted by Crippen LogP contribution is 2.44. The second kappa shape index (κ2) is 10.4. The van der Waals surface area contributed by atoms with Gasteiger partial charge in [-0.15, -0.1) is 0 Å². The zero-order valence-corrected chi connectivity index (χ0v) is 15.9. The molecule has 1 aliphatic heterocycles. The van der Waals surface area contributed by atoms with E-state index in [1.54, 1.807) is 0 Å². The molecule has 2 aliphatic rings. The molecule has 0 bridgehead atoms. The average molecular weight is 336 g/mol. The van der Waals surface area contributed by atoms with Crippen LogP contribution < -0.4 is 0 Å². The van der Waals surface area contributed by atoms with E-state index >= 15 is 0 Å². The Balaban J connectivity index is 1.64. The van der Waals surface area contributed by atoms with E-state index in [1.165, 1.54) is 38.5 Å². The molecule has 0 N–H and O–H groups in total. The Bertz CT molecular complexity index is 374. The van der Waals surface area contributed by atoms with E-state index in [4.69, 9.17) is 9.47 Å². The van der Waals surface area contributed by atoms with Crippen LogP contribution in [0.15, 0.2) is 0 Å². The number of unbranched alkanes of at least 4 members (excludes halogenated alkanes) is 4. The molecule has 0 aromatic carbocycles. The van der Waals surface area contributed by atoms with Crippen molar-refractivity contribution in [2.75, 3.05) is 13.2 Å². The lowest BCUT2D eigenvalue weighted by molar-refractivity contribution is -0.231. The normalized spacial score (nSPS) is 34.0. The van der Waals surface area contributed by atoms with E-state index in [0.717, 1.165) is 51.7 Å². The number of rotatable bonds is 9. The summed E-state index contributed by atoms with van der Waals surface area (Å²) in [4.78, 5) is 0. The molecular formula is C21H37NO2. The summed E-state index contributed by atoms with van der Waals surface area (Å²) >= 11 is 0. The van der Waals surface area contributed by atoms with Gasteiger partial charge in [0.15, 0.2) is 6.29 Å². The van der Waals surface area contributed by atoms with Crippen LogP contribution in [0.4, 0.5) is 0 Å². The predicted molar refractivity (Wildman–Crippen MR) is 97.5 cm³/mol. The van der Waals surface area contributed by atoms with Crippen molar-refractivity contribution in [3.63, 3.8) is 0 Å². The third-order valence-corrected chi connectivity index (χ3v) is 6.05. The summed E-state index contributed by atoms with van der Waals surface area (Å²) in [6.45, 7) is 6.18. The first-order valence-corrected chi connectivity index (χ1v) is 10.4. The van der Waals surface area contributed by atoms with E-state index in [-0.39, 0.29) is 11.7 Å². The van der Waals surface area contributed by atoms with Gasteiger partial charge in [-0.05, 0) is 38.5 Å². The predicted octanol–water partition coefficient (Wildman–Crippen LogP) is 5.84. The van der Waals surface area contributed by atoms with E-state index in [1.807, 2.05) is 0 Å². The molecule has 2 rings (SSSR count). The quantitative estimate of drug-likeness (QED) is 0.497. The molecule has 0 radical (unpaired) electrons. The number of ether oxygens (including phenoxy) is 2. The Hall–Kier alpha value is -0.590. The minimum absolute atomic E-state index is 0.0142. The average Bonchev–Trinajstić information content (AvgIpc) is 2.63. The zero-order valence-electron chi connectivity index (χ0n) is 15.9. The molecule has 1 aliphatic carbocycles. The first-order chi connectivity index (χ1) is 11.7. The maximum absolute atomic E-state index is 9.53. The molecule has 0 aromatic rings. The Kier molecular flexibility index (Phi) is 8.56. The van der Waals surface area contributed by atoms with Crippen LogP contribution in [0, 0.1) is 28.6 Å². The zero-order chi connectivity index (χ0) is 17.3. The van der Waals surface area contributed by atoms with Crippen LogP contribution in [-0.2, 0) is 9.47 Å². The van der Waals surface area contributed by atoms with Gasteiger partial charge in [0.2, 0.25) is 0 Å². The smallest absolute Gasteiger partial charge is 0.160 e. The second-order valence-corrected chi connectivity index (χ2v) is 8.08.